The van der Waals surface area contributed by atoms with Crippen molar-refractivity contribution in [3.8, 4) is 10.6 Å². The topological polar surface area (TPSA) is 54.4 Å². The van der Waals surface area contributed by atoms with Gasteiger partial charge in [-0.15, -0.1) is 11.3 Å². The first kappa shape index (κ1) is 17.6. The van der Waals surface area contributed by atoms with E-state index in [1.807, 2.05) is 41.8 Å². The van der Waals surface area contributed by atoms with Crippen LogP contribution in [0.25, 0.3) is 10.6 Å². The molecule has 0 fully saturated rings. The van der Waals surface area contributed by atoms with E-state index in [4.69, 9.17) is 23.2 Å². The van der Waals surface area contributed by atoms with Crippen LogP contribution in [0.2, 0.25) is 10.0 Å². The summed E-state index contributed by atoms with van der Waals surface area (Å²) in [5, 5.41) is 7.93. The van der Waals surface area contributed by atoms with Crippen LogP contribution in [0.4, 0.5) is 0 Å². The lowest BCUT2D eigenvalue weighted by atomic mass is 10.2. The van der Waals surface area contributed by atoms with Gasteiger partial charge in [0.2, 0.25) is 5.91 Å². The molecule has 126 valence electrons. The van der Waals surface area contributed by atoms with E-state index in [2.05, 4.69) is 15.5 Å². The molecule has 0 aliphatic carbocycles. The number of rotatable bonds is 5. The van der Waals surface area contributed by atoms with E-state index in [0.29, 0.717) is 15.7 Å². The lowest BCUT2D eigenvalue weighted by Crippen LogP contribution is -2.19. The number of hydrogen-bond donors (Lipinski definition) is 1. The minimum Gasteiger partial charge on any atom is -0.273 e. The minimum absolute atomic E-state index is 0.162. The molecule has 1 N–H and O–H groups in total. The fraction of sp³-hybridized carbons (Fsp3) is 0.0556. The molecule has 1 aromatic heterocycles. The molecule has 0 bridgehead atoms. The second-order valence-electron chi connectivity index (χ2n) is 5.18. The van der Waals surface area contributed by atoms with Gasteiger partial charge < -0.3 is 0 Å². The minimum atomic E-state index is -0.229. The summed E-state index contributed by atoms with van der Waals surface area (Å²) in [6.07, 6.45) is 1.72. The molecular formula is C18H13Cl2N3OS. The van der Waals surface area contributed by atoms with Crippen molar-refractivity contribution < 1.29 is 4.79 Å². The second kappa shape index (κ2) is 8.25. The highest BCUT2D eigenvalue weighted by Gasteiger charge is 2.09. The summed E-state index contributed by atoms with van der Waals surface area (Å²) < 4.78 is 0. The Morgan fingerprint density at radius 2 is 1.96 bits per heavy atom. The first-order valence-corrected chi connectivity index (χ1v) is 9.01. The van der Waals surface area contributed by atoms with Gasteiger partial charge in [-0.1, -0.05) is 47.5 Å². The first-order valence-electron chi connectivity index (χ1n) is 7.38. The van der Waals surface area contributed by atoms with E-state index in [0.717, 1.165) is 16.1 Å². The first-order chi connectivity index (χ1) is 12.1. The van der Waals surface area contributed by atoms with Crippen molar-refractivity contribution in [2.75, 3.05) is 0 Å². The predicted octanol–water partition coefficient (Wildman–Crippen LogP) is 4.81. The number of aromatic nitrogens is 1. The zero-order valence-corrected chi connectivity index (χ0v) is 15.3. The average molecular weight is 390 g/mol. The second-order valence-corrected chi connectivity index (χ2v) is 6.91. The van der Waals surface area contributed by atoms with Gasteiger partial charge >= 0.3 is 0 Å². The van der Waals surface area contributed by atoms with E-state index in [9.17, 15) is 4.79 Å². The largest absolute Gasteiger partial charge is 0.273 e. The van der Waals surface area contributed by atoms with Crippen molar-refractivity contribution in [3.63, 3.8) is 0 Å². The Hall–Kier alpha value is -2.21. The van der Waals surface area contributed by atoms with Gasteiger partial charge in [0.25, 0.3) is 0 Å². The van der Waals surface area contributed by atoms with Gasteiger partial charge in [-0.2, -0.15) is 5.10 Å². The van der Waals surface area contributed by atoms with Crippen LogP contribution in [0.5, 0.6) is 0 Å². The van der Waals surface area contributed by atoms with Crippen molar-refractivity contribution in [2.45, 2.75) is 6.42 Å². The summed E-state index contributed by atoms with van der Waals surface area (Å²) in [6, 6.07) is 14.6. The van der Waals surface area contributed by atoms with Crippen LogP contribution in [-0.4, -0.2) is 17.1 Å². The van der Waals surface area contributed by atoms with Crippen LogP contribution in [0.1, 0.15) is 11.3 Å². The third-order valence-electron chi connectivity index (χ3n) is 3.24. The number of carbonyl (C=O) groups is 1. The molecule has 0 radical (unpaired) electrons. The molecule has 4 nitrogen and oxygen atoms in total. The Morgan fingerprint density at radius 1 is 1.16 bits per heavy atom. The molecule has 1 amide bonds. The quantitative estimate of drug-likeness (QED) is 0.502. The lowest BCUT2D eigenvalue weighted by molar-refractivity contribution is -0.120. The molecule has 7 heteroatoms. The fourth-order valence-corrected chi connectivity index (χ4v) is 3.21. The molecule has 0 spiro atoms. The molecule has 0 aliphatic rings. The monoisotopic (exact) mass is 389 g/mol. The van der Waals surface area contributed by atoms with Crippen LogP contribution in [0, 0.1) is 0 Å². The van der Waals surface area contributed by atoms with E-state index in [1.165, 1.54) is 11.3 Å². The smallest absolute Gasteiger partial charge is 0.246 e. The molecule has 0 atom stereocenters. The van der Waals surface area contributed by atoms with Crippen molar-refractivity contribution in [2.24, 2.45) is 5.10 Å². The number of hydrogen-bond acceptors (Lipinski definition) is 4. The molecule has 0 unspecified atom stereocenters. The van der Waals surface area contributed by atoms with Gasteiger partial charge in [-0.25, -0.2) is 10.4 Å². The van der Waals surface area contributed by atoms with E-state index < -0.39 is 0 Å². The number of hydrazone groups is 1. The maximum absolute atomic E-state index is 12.0. The number of nitrogens with zero attached hydrogens (tertiary/aromatic N) is 2. The molecule has 2 aromatic carbocycles. The van der Waals surface area contributed by atoms with Gasteiger partial charge in [0.05, 0.1) is 18.3 Å². The van der Waals surface area contributed by atoms with Gasteiger partial charge in [-0.3, -0.25) is 4.79 Å². The Morgan fingerprint density at radius 3 is 2.72 bits per heavy atom. The SMILES string of the molecule is O=C(Cc1csc(-c2cccc(Cl)c2)n1)NN=Cc1ccc(Cl)cc1. The number of thiazole rings is 1. The number of amides is 1. The van der Waals surface area contributed by atoms with Crippen LogP contribution >= 0.6 is 34.5 Å². The zero-order valence-electron chi connectivity index (χ0n) is 12.9. The van der Waals surface area contributed by atoms with Crippen molar-refractivity contribution in [1.82, 2.24) is 10.4 Å². The standard InChI is InChI=1S/C18H13Cl2N3OS/c19-14-6-4-12(5-7-14)10-21-23-17(24)9-16-11-25-18(22-16)13-2-1-3-15(20)8-13/h1-8,10-11H,9H2,(H,23,24). The summed E-state index contributed by atoms with van der Waals surface area (Å²) in [4.78, 5) is 16.4. The number of benzene rings is 2. The van der Waals surface area contributed by atoms with Crippen LogP contribution in [0.15, 0.2) is 59.0 Å². The molecule has 3 rings (SSSR count). The Bertz CT molecular complexity index is 907. The summed E-state index contributed by atoms with van der Waals surface area (Å²) >= 11 is 13.3. The average Bonchev–Trinajstić information content (AvgIpc) is 3.05. The lowest BCUT2D eigenvalue weighted by Gasteiger charge is -1.98. The fourth-order valence-electron chi connectivity index (χ4n) is 2.07. The van der Waals surface area contributed by atoms with Gasteiger partial charge in [0.15, 0.2) is 0 Å². The van der Waals surface area contributed by atoms with Crippen molar-refractivity contribution in [3.05, 3.63) is 75.2 Å². The third kappa shape index (κ3) is 5.13. The highest BCUT2D eigenvalue weighted by Crippen LogP contribution is 2.26. The van der Waals surface area contributed by atoms with Gasteiger partial charge in [-0.05, 0) is 29.8 Å². The summed E-state index contributed by atoms with van der Waals surface area (Å²) in [5.74, 6) is -0.229. The molecular weight excluding hydrogens is 377 g/mol. The van der Waals surface area contributed by atoms with Crippen molar-refractivity contribution in [1.29, 1.82) is 0 Å². The maximum Gasteiger partial charge on any atom is 0.246 e. The highest BCUT2D eigenvalue weighted by atomic mass is 35.5. The predicted molar refractivity (Wildman–Crippen MR) is 103 cm³/mol. The summed E-state index contributed by atoms with van der Waals surface area (Å²) in [5.41, 5.74) is 4.97. The van der Waals surface area contributed by atoms with Crippen LogP contribution in [0.3, 0.4) is 0 Å². The Labute approximate surface area is 159 Å². The van der Waals surface area contributed by atoms with E-state index >= 15 is 0 Å². The van der Waals surface area contributed by atoms with Crippen molar-refractivity contribution >= 4 is 46.7 Å². The van der Waals surface area contributed by atoms with E-state index in [-0.39, 0.29) is 12.3 Å². The number of nitrogens with one attached hydrogen (secondary N) is 1. The number of halogens is 2. The van der Waals surface area contributed by atoms with Gasteiger partial charge in [0.1, 0.15) is 5.01 Å². The summed E-state index contributed by atoms with van der Waals surface area (Å²) in [7, 11) is 0. The van der Waals surface area contributed by atoms with Gasteiger partial charge in [0, 0.05) is 21.0 Å². The Balaban J connectivity index is 1.57. The maximum atomic E-state index is 12.0. The molecule has 0 aliphatic heterocycles. The molecule has 0 saturated carbocycles. The van der Waals surface area contributed by atoms with Crippen LogP contribution in [-0.2, 0) is 11.2 Å². The molecule has 0 saturated heterocycles. The third-order valence-corrected chi connectivity index (χ3v) is 4.67. The van der Waals surface area contributed by atoms with Crippen LogP contribution < -0.4 is 5.43 Å². The molecule has 25 heavy (non-hydrogen) atoms. The zero-order chi connectivity index (χ0) is 17.6. The van der Waals surface area contributed by atoms with E-state index in [1.54, 1.807) is 18.3 Å². The molecule has 3 aromatic rings. The molecule has 1 heterocycles. The number of carbonyl (C=O) groups excluding carboxylic acids is 1. The summed E-state index contributed by atoms with van der Waals surface area (Å²) in [6.45, 7) is 0. The Kier molecular flexibility index (Phi) is 5.81. The highest BCUT2D eigenvalue weighted by molar-refractivity contribution is 7.13. The normalized spacial score (nSPS) is 11.0.